The number of nitrogens with two attached hydrogens (primary N) is 1. The molecule has 0 saturated carbocycles. The SMILES string of the molecule is CCC(N)c1ccn(CCCN2CCCC2)c1. The summed E-state index contributed by atoms with van der Waals surface area (Å²) in [5.74, 6) is 0. The first kappa shape index (κ1) is 12.7. The number of aromatic nitrogens is 1. The molecule has 1 saturated heterocycles. The summed E-state index contributed by atoms with van der Waals surface area (Å²) in [6.07, 6.45) is 9.40. The quantitative estimate of drug-likeness (QED) is 0.821. The van der Waals surface area contributed by atoms with Crippen molar-refractivity contribution in [3.8, 4) is 0 Å². The molecule has 0 spiro atoms. The van der Waals surface area contributed by atoms with Gasteiger partial charge in [-0.2, -0.15) is 0 Å². The zero-order valence-electron chi connectivity index (χ0n) is 10.9. The fraction of sp³-hybridized carbons (Fsp3) is 0.714. The smallest absolute Gasteiger partial charge is 0.0307 e. The highest BCUT2D eigenvalue weighted by atomic mass is 15.1. The highest BCUT2D eigenvalue weighted by molar-refractivity contribution is 5.14. The van der Waals surface area contributed by atoms with E-state index in [9.17, 15) is 0 Å². The van der Waals surface area contributed by atoms with Gasteiger partial charge >= 0.3 is 0 Å². The van der Waals surface area contributed by atoms with Gasteiger partial charge in [-0.15, -0.1) is 0 Å². The lowest BCUT2D eigenvalue weighted by Crippen LogP contribution is -2.21. The minimum Gasteiger partial charge on any atom is -0.354 e. The second-order valence-corrected chi connectivity index (χ2v) is 5.10. The first-order valence-corrected chi connectivity index (χ1v) is 6.93. The normalized spacial score (nSPS) is 18.7. The summed E-state index contributed by atoms with van der Waals surface area (Å²) in [6, 6.07) is 2.36. The van der Waals surface area contributed by atoms with Crippen LogP contribution in [0.25, 0.3) is 0 Å². The fourth-order valence-electron chi connectivity index (χ4n) is 2.54. The third-order valence-electron chi connectivity index (χ3n) is 3.73. The Hall–Kier alpha value is -0.800. The van der Waals surface area contributed by atoms with Crippen molar-refractivity contribution >= 4 is 0 Å². The van der Waals surface area contributed by atoms with Crippen LogP contribution in [0.15, 0.2) is 18.5 Å². The van der Waals surface area contributed by atoms with Gasteiger partial charge in [0.05, 0.1) is 0 Å². The van der Waals surface area contributed by atoms with Gasteiger partial charge in [0.15, 0.2) is 0 Å². The van der Waals surface area contributed by atoms with E-state index in [1.54, 1.807) is 0 Å². The first-order valence-electron chi connectivity index (χ1n) is 6.93. The molecule has 96 valence electrons. The summed E-state index contributed by atoms with van der Waals surface area (Å²) >= 11 is 0. The lowest BCUT2D eigenvalue weighted by atomic mass is 10.1. The molecule has 3 heteroatoms. The Kier molecular flexibility index (Phi) is 4.63. The largest absolute Gasteiger partial charge is 0.354 e. The lowest BCUT2D eigenvalue weighted by molar-refractivity contribution is 0.325. The minimum absolute atomic E-state index is 0.204. The zero-order valence-corrected chi connectivity index (χ0v) is 10.9. The molecule has 1 aliphatic rings. The fourth-order valence-corrected chi connectivity index (χ4v) is 2.54. The molecule has 1 fully saturated rings. The van der Waals surface area contributed by atoms with Gasteiger partial charge in [-0.25, -0.2) is 0 Å². The van der Waals surface area contributed by atoms with Crippen LogP contribution in [-0.4, -0.2) is 29.1 Å². The van der Waals surface area contributed by atoms with Crippen molar-refractivity contribution < 1.29 is 0 Å². The number of likely N-dealkylation sites (tertiary alicyclic amines) is 1. The summed E-state index contributed by atoms with van der Waals surface area (Å²) in [6.45, 7) is 7.10. The van der Waals surface area contributed by atoms with E-state index < -0.39 is 0 Å². The number of hydrogen-bond acceptors (Lipinski definition) is 2. The Morgan fingerprint density at radius 3 is 2.76 bits per heavy atom. The highest BCUT2D eigenvalue weighted by Gasteiger charge is 2.10. The molecule has 1 unspecified atom stereocenters. The van der Waals surface area contributed by atoms with Crippen molar-refractivity contribution in [2.75, 3.05) is 19.6 Å². The van der Waals surface area contributed by atoms with E-state index in [1.807, 2.05) is 0 Å². The van der Waals surface area contributed by atoms with Gasteiger partial charge in [0.2, 0.25) is 0 Å². The van der Waals surface area contributed by atoms with Crippen LogP contribution in [0, 0.1) is 0 Å². The molecule has 2 heterocycles. The van der Waals surface area contributed by atoms with Crippen molar-refractivity contribution in [2.24, 2.45) is 5.73 Å². The van der Waals surface area contributed by atoms with Crippen LogP contribution < -0.4 is 5.73 Å². The topological polar surface area (TPSA) is 34.2 Å². The maximum absolute atomic E-state index is 6.01. The van der Waals surface area contributed by atoms with E-state index in [2.05, 4.69) is 34.9 Å². The van der Waals surface area contributed by atoms with Crippen LogP contribution in [0.2, 0.25) is 0 Å². The van der Waals surface area contributed by atoms with Gasteiger partial charge in [-0.05, 0) is 56.9 Å². The van der Waals surface area contributed by atoms with Gasteiger partial charge in [0, 0.05) is 25.0 Å². The van der Waals surface area contributed by atoms with E-state index in [1.165, 1.54) is 44.5 Å². The van der Waals surface area contributed by atoms with E-state index in [0.29, 0.717) is 0 Å². The number of hydrogen-bond donors (Lipinski definition) is 1. The molecule has 2 rings (SSSR count). The minimum atomic E-state index is 0.204. The van der Waals surface area contributed by atoms with Gasteiger partial charge in [0.1, 0.15) is 0 Å². The average Bonchev–Trinajstić information content (AvgIpc) is 2.99. The molecule has 1 aromatic rings. The molecule has 3 nitrogen and oxygen atoms in total. The molecule has 2 N–H and O–H groups in total. The summed E-state index contributed by atoms with van der Waals surface area (Å²) in [7, 11) is 0. The molecule has 1 aromatic heterocycles. The summed E-state index contributed by atoms with van der Waals surface area (Å²) in [5, 5.41) is 0. The van der Waals surface area contributed by atoms with E-state index in [-0.39, 0.29) is 6.04 Å². The maximum atomic E-state index is 6.01. The predicted octanol–water partition coefficient (Wildman–Crippen LogP) is 2.38. The zero-order chi connectivity index (χ0) is 12.1. The third kappa shape index (κ3) is 3.58. The maximum Gasteiger partial charge on any atom is 0.0307 e. The highest BCUT2D eigenvalue weighted by Crippen LogP contribution is 2.14. The van der Waals surface area contributed by atoms with Crippen molar-refractivity contribution in [1.82, 2.24) is 9.47 Å². The Morgan fingerprint density at radius 1 is 1.29 bits per heavy atom. The van der Waals surface area contributed by atoms with Crippen LogP contribution in [0.5, 0.6) is 0 Å². The molecular weight excluding hydrogens is 210 g/mol. The second-order valence-electron chi connectivity index (χ2n) is 5.10. The Bertz CT molecular complexity index is 326. The van der Waals surface area contributed by atoms with Crippen molar-refractivity contribution in [3.63, 3.8) is 0 Å². The van der Waals surface area contributed by atoms with Crippen molar-refractivity contribution in [3.05, 3.63) is 24.0 Å². The Morgan fingerprint density at radius 2 is 2.06 bits per heavy atom. The summed E-state index contributed by atoms with van der Waals surface area (Å²) < 4.78 is 2.28. The van der Waals surface area contributed by atoms with Gasteiger partial charge in [-0.1, -0.05) is 6.92 Å². The molecule has 17 heavy (non-hydrogen) atoms. The number of rotatable bonds is 6. The van der Waals surface area contributed by atoms with Gasteiger partial charge in [-0.3, -0.25) is 0 Å². The predicted molar refractivity (Wildman–Crippen MR) is 71.9 cm³/mol. The molecule has 0 aliphatic carbocycles. The Labute approximate surface area is 105 Å². The van der Waals surface area contributed by atoms with Gasteiger partial charge < -0.3 is 15.2 Å². The van der Waals surface area contributed by atoms with Gasteiger partial charge in [0.25, 0.3) is 0 Å². The van der Waals surface area contributed by atoms with E-state index in [4.69, 9.17) is 5.73 Å². The van der Waals surface area contributed by atoms with Crippen molar-refractivity contribution in [2.45, 2.75) is 45.2 Å². The van der Waals surface area contributed by atoms with Crippen LogP contribution in [0.4, 0.5) is 0 Å². The van der Waals surface area contributed by atoms with Crippen molar-refractivity contribution in [1.29, 1.82) is 0 Å². The monoisotopic (exact) mass is 235 g/mol. The van der Waals surface area contributed by atoms with Crippen LogP contribution in [0.1, 0.15) is 44.2 Å². The van der Waals surface area contributed by atoms with Crippen LogP contribution in [0.3, 0.4) is 0 Å². The molecule has 0 amide bonds. The number of aryl methyl sites for hydroxylation is 1. The van der Waals surface area contributed by atoms with E-state index >= 15 is 0 Å². The Balaban J connectivity index is 1.73. The average molecular weight is 235 g/mol. The van der Waals surface area contributed by atoms with Crippen LogP contribution >= 0.6 is 0 Å². The lowest BCUT2D eigenvalue weighted by Gasteiger charge is -2.14. The van der Waals surface area contributed by atoms with E-state index in [0.717, 1.165) is 13.0 Å². The third-order valence-corrected chi connectivity index (χ3v) is 3.73. The summed E-state index contributed by atoms with van der Waals surface area (Å²) in [5.41, 5.74) is 7.29. The standard InChI is InChI=1S/C14H25N3/c1-2-14(15)13-6-11-17(12-13)10-5-9-16-7-3-4-8-16/h6,11-12,14H,2-5,7-10,15H2,1H3. The second kappa shape index (κ2) is 6.22. The molecule has 1 aliphatic heterocycles. The molecule has 0 bridgehead atoms. The van der Waals surface area contributed by atoms with Crippen LogP contribution in [-0.2, 0) is 6.54 Å². The molecule has 0 aromatic carbocycles. The molecule has 1 atom stereocenters. The first-order chi connectivity index (χ1) is 8.29. The molecular formula is C14H25N3. The number of nitrogens with zero attached hydrogens (tertiary/aromatic N) is 2. The molecule has 0 radical (unpaired) electrons. The summed E-state index contributed by atoms with van der Waals surface area (Å²) in [4.78, 5) is 2.57.